The topological polar surface area (TPSA) is 79.6 Å². The molecule has 0 spiro atoms. The fourth-order valence-corrected chi connectivity index (χ4v) is 4.19. The lowest BCUT2D eigenvalue weighted by atomic mass is 10.1. The fourth-order valence-electron chi connectivity index (χ4n) is 2.81. The van der Waals surface area contributed by atoms with Crippen LogP contribution in [0.3, 0.4) is 0 Å². The van der Waals surface area contributed by atoms with Crippen LogP contribution in [-0.4, -0.2) is 26.1 Å². The van der Waals surface area contributed by atoms with Crippen LogP contribution < -0.4 is 9.62 Å². The molecule has 23 heavy (non-hydrogen) atoms. The van der Waals surface area contributed by atoms with Crippen molar-refractivity contribution in [1.82, 2.24) is 0 Å². The molecule has 0 bridgehead atoms. The number of nitrogens with one attached hydrogen (secondary N) is 1. The van der Waals surface area contributed by atoms with Crippen LogP contribution in [0.1, 0.15) is 29.0 Å². The number of nitrogens with zero attached hydrogens (tertiary/aromatic N) is 1. The van der Waals surface area contributed by atoms with Crippen molar-refractivity contribution in [3.8, 4) is 0 Å². The first-order chi connectivity index (χ1) is 11.0. The number of amides is 1. The molecule has 2 aliphatic rings. The van der Waals surface area contributed by atoms with Crippen molar-refractivity contribution in [1.29, 1.82) is 0 Å². The maximum Gasteiger partial charge on any atom is 0.293 e. The van der Waals surface area contributed by atoms with Crippen LogP contribution in [0.4, 0.5) is 11.4 Å². The molecule has 1 aliphatic carbocycles. The number of hydrogen-bond acceptors (Lipinski definition) is 4. The number of hydrogen-bond donors (Lipinski definition) is 1. The van der Waals surface area contributed by atoms with Gasteiger partial charge in [-0.3, -0.25) is 9.52 Å². The Labute approximate surface area is 134 Å². The van der Waals surface area contributed by atoms with Gasteiger partial charge >= 0.3 is 0 Å². The van der Waals surface area contributed by atoms with Crippen molar-refractivity contribution in [3.63, 3.8) is 0 Å². The Morgan fingerprint density at radius 1 is 1.26 bits per heavy atom. The number of sulfonamides is 1. The average Bonchev–Trinajstić information content (AvgIpc) is 3.10. The van der Waals surface area contributed by atoms with Crippen molar-refractivity contribution in [3.05, 3.63) is 47.9 Å². The maximum atomic E-state index is 12.5. The SMILES string of the molecule is O=C(c1ccco1)N1CCc2ccc(NS(=O)(=O)C3CC3)cc21. The number of fused-ring (bicyclic) bond motifs is 1. The quantitative estimate of drug-likeness (QED) is 0.932. The summed E-state index contributed by atoms with van der Waals surface area (Å²) in [5.74, 6) is 0.0674. The van der Waals surface area contributed by atoms with E-state index in [0.29, 0.717) is 25.1 Å². The zero-order valence-electron chi connectivity index (χ0n) is 12.4. The van der Waals surface area contributed by atoms with Crippen LogP contribution in [0.5, 0.6) is 0 Å². The zero-order valence-corrected chi connectivity index (χ0v) is 13.2. The Kier molecular flexibility index (Phi) is 3.19. The van der Waals surface area contributed by atoms with Gasteiger partial charge in [0.05, 0.1) is 17.2 Å². The number of benzene rings is 1. The first-order valence-corrected chi connectivity index (χ1v) is 9.09. The lowest BCUT2D eigenvalue weighted by Gasteiger charge is -2.17. The molecule has 1 saturated carbocycles. The molecule has 1 aromatic heterocycles. The van der Waals surface area contributed by atoms with Gasteiger partial charge in [-0.1, -0.05) is 6.07 Å². The largest absolute Gasteiger partial charge is 0.459 e. The first kappa shape index (κ1) is 14.3. The summed E-state index contributed by atoms with van der Waals surface area (Å²) in [6.07, 6.45) is 3.63. The Bertz CT molecular complexity index is 854. The highest BCUT2D eigenvalue weighted by Crippen LogP contribution is 2.34. The van der Waals surface area contributed by atoms with E-state index in [1.807, 2.05) is 6.07 Å². The van der Waals surface area contributed by atoms with E-state index in [1.165, 1.54) is 6.26 Å². The molecule has 120 valence electrons. The Morgan fingerprint density at radius 2 is 2.09 bits per heavy atom. The maximum absolute atomic E-state index is 12.5. The smallest absolute Gasteiger partial charge is 0.293 e. The molecule has 0 atom stereocenters. The highest BCUT2D eigenvalue weighted by atomic mass is 32.2. The van der Waals surface area contributed by atoms with E-state index in [9.17, 15) is 13.2 Å². The summed E-state index contributed by atoms with van der Waals surface area (Å²) in [4.78, 5) is 14.1. The number of carbonyl (C=O) groups is 1. The summed E-state index contributed by atoms with van der Waals surface area (Å²) in [5.41, 5.74) is 2.26. The third kappa shape index (κ3) is 2.61. The van der Waals surface area contributed by atoms with Crippen molar-refractivity contribution >= 4 is 27.3 Å². The van der Waals surface area contributed by atoms with Gasteiger partial charge < -0.3 is 9.32 Å². The monoisotopic (exact) mass is 332 g/mol. The van der Waals surface area contributed by atoms with Crippen LogP contribution >= 0.6 is 0 Å². The summed E-state index contributed by atoms with van der Waals surface area (Å²) in [6, 6.07) is 8.64. The lowest BCUT2D eigenvalue weighted by Crippen LogP contribution is -2.28. The molecule has 1 aliphatic heterocycles. The van der Waals surface area contributed by atoms with E-state index < -0.39 is 10.0 Å². The van der Waals surface area contributed by atoms with Crippen LogP contribution in [0, 0.1) is 0 Å². The molecular weight excluding hydrogens is 316 g/mol. The number of anilines is 2. The van der Waals surface area contributed by atoms with Gasteiger partial charge in [0, 0.05) is 12.2 Å². The van der Waals surface area contributed by atoms with Crippen LogP contribution in [0.2, 0.25) is 0 Å². The van der Waals surface area contributed by atoms with E-state index in [2.05, 4.69) is 4.72 Å². The summed E-state index contributed by atoms with van der Waals surface area (Å²) >= 11 is 0. The Balaban J connectivity index is 1.63. The highest BCUT2D eigenvalue weighted by molar-refractivity contribution is 7.93. The van der Waals surface area contributed by atoms with Crippen LogP contribution in [-0.2, 0) is 16.4 Å². The van der Waals surface area contributed by atoms with Crippen LogP contribution in [0.15, 0.2) is 41.0 Å². The Morgan fingerprint density at radius 3 is 2.78 bits per heavy atom. The molecule has 1 aromatic carbocycles. The zero-order chi connectivity index (χ0) is 16.0. The molecule has 6 nitrogen and oxygen atoms in total. The standard InChI is InChI=1S/C16H16N2O4S/c19-16(15-2-1-9-22-15)18-8-7-11-3-4-12(10-14(11)18)17-23(20,21)13-5-6-13/h1-4,9-10,13,17H,5-8H2. The van der Waals surface area contributed by atoms with Gasteiger partial charge in [-0.15, -0.1) is 0 Å². The normalized spacial score (nSPS) is 17.1. The average molecular weight is 332 g/mol. The third-order valence-corrected chi connectivity index (χ3v) is 6.05. The highest BCUT2D eigenvalue weighted by Gasteiger charge is 2.36. The molecular formula is C16H16N2O4S. The number of carbonyl (C=O) groups excluding carboxylic acids is 1. The van der Waals surface area contributed by atoms with E-state index in [-0.39, 0.29) is 16.9 Å². The van der Waals surface area contributed by atoms with Crippen molar-refractivity contribution in [2.75, 3.05) is 16.2 Å². The van der Waals surface area contributed by atoms with Gasteiger partial charge in [0.2, 0.25) is 10.0 Å². The molecule has 0 saturated heterocycles. The molecule has 0 radical (unpaired) electrons. The minimum Gasteiger partial charge on any atom is -0.459 e. The van der Waals surface area contributed by atoms with Gasteiger partial charge in [0.1, 0.15) is 0 Å². The predicted molar refractivity (Wildman–Crippen MR) is 86.1 cm³/mol. The second-order valence-electron chi connectivity index (χ2n) is 5.87. The van der Waals surface area contributed by atoms with Gasteiger partial charge in [-0.2, -0.15) is 0 Å². The van der Waals surface area contributed by atoms with Crippen molar-refractivity contribution in [2.45, 2.75) is 24.5 Å². The van der Waals surface area contributed by atoms with Gasteiger partial charge in [-0.25, -0.2) is 8.42 Å². The molecule has 1 N–H and O–H groups in total. The molecule has 7 heteroatoms. The van der Waals surface area contributed by atoms with Crippen LogP contribution in [0.25, 0.3) is 0 Å². The third-order valence-electron chi connectivity index (χ3n) is 4.18. The second-order valence-corrected chi connectivity index (χ2v) is 7.83. The molecule has 4 rings (SSSR count). The van der Waals surface area contributed by atoms with Gasteiger partial charge in [-0.05, 0) is 49.1 Å². The Hall–Kier alpha value is -2.28. The van der Waals surface area contributed by atoms with Gasteiger partial charge in [0.15, 0.2) is 5.76 Å². The van der Waals surface area contributed by atoms with E-state index in [1.54, 1.807) is 29.2 Å². The van der Waals surface area contributed by atoms with E-state index in [4.69, 9.17) is 4.42 Å². The summed E-state index contributed by atoms with van der Waals surface area (Å²) in [7, 11) is -3.31. The van der Waals surface area contributed by atoms with E-state index >= 15 is 0 Å². The summed E-state index contributed by atoms with van der Waals surface area (Å²) in [6.45, 7) is 0.563. The minimum atomic E-state index is -3.31. The van der Waals surface area contributed by atoms with Crippen molar-refractivity contribution in [2.24, 2.45) is 0 Å². The molecule has 0 unspecified atom stereocenters. The fraction of sp³-hybridized carbons (Fsp3) is 0.312. The molecule has 2 heterocycles. The van der Waals surface area contributed by atoms with Gasteiger partial charge in [0.25, 0.3) is 5.91 Å². The second kappa shape index (κ2) is 5.13. The molecule has 1 amide bonds. The summed E-state index contributed by atoms with van der Waals surface area (Å²) in [5, 5.41) is -0.281. The predicted octanol–water partition coefficient (Wildman–Crippen LogP) is 2.39. The first-order valence-electron chi connectivity index (χ1n) is 7.54. The minimum absolute atomic E-state index is 0.212. The molecule has 1 fully saturated rings. The molecule has 2 aromatic rings. The number of furan rings is 1. The van der Waals surface area contributed by atoms with Crippen molar-refractivity contribution < 1.29 is 17.6 Å². The lowest BCUT2D eigenvalue weighted by molar-refractivity contribution is 0.0963. The summed E-state index contributed by atoms with van der Waals surface area (Å²) < 4.78 is 31.9. The van der Waals surface area contributed by atoms with E-state index in [0.717, 1.165) is 17.7 Å². The number of rotatable bonds is 4.